The molecule has 0 atom stereocenters. The Morgan fingerprint density at radius 1 is 1.08 bits per heavy atom. The van der Waals surface area contributed by atoms with Crippen molar-refractivity contribution in [3.63, 3.8) is 0 Å². The molecule has 5 heteroatoms. The van der Waals surface area contributed by atoms with Gasteiger partial charge in [0.2, 0.25) is 0 Å². The Kier molecular flexibility index (Phi) is 4.84. The van der Waals surface area contributed by atoms with E-state index in [-0.39, 0.29) is 18.1 Å². The van der Waals surface area contributed by atoms with Crippen molar-refractivity contribution in [2.75, 3.05) is 6.61 Å². The highest BCUT2D eigenvalue weighted by atomic mass is 16.5. The molecule has 1 N–H and O–H groups in total. The fraction of sp³-hybridized carbons (Fsp3) is 0.200. The number of hydrogen-bond acceptors (Lipinski definition) is 3. The van der Waals surface area contributed by atoms with E-state index in [4.69, 9.17) is 4.74 Å². The van der Waals surface area contributed by atoms with Crippen LogP contribution in [0.25, 0.3) is 10.8 Å². The molecule has 0 aliphatic carbocycles. The molecule has 0 bridgehead atoms. The first-order valence-corrected chi connectivity index (χ1v) is 8.08. The van der Waals surface area contributed by atoms with Gasteiger partial charge in [-0.15, -0.1) is 0 Å². The summed E-state index contributed by atoms with van der Waals surface area (Å²) in [5, 5.41) is 4.10. The molecule has 25 heavy (non-hydrogen) atoms. The number of fused-ring (bicyclic) bond motifs is 1. The van der Waals surface area contributed by atoms with Gasteiger partial charge in [0.15, 0.2) is 6.61 Å². The van der Waals surface area contributed by atoms with Crippen LogP contribution in [0.5, 0.6) is 5.75 Å². The van der Waals surface area contributed by atoms with Gasteiger partial charge >= 0.3 is 0 Å². The summed E-state index contributed by atoms with van der Waals surface area (Å²) >= 11 is 0. The lowest BCUT2D eigenvalue weighted by Crippen LogP contribution is -2.28. The van der Waals surface area contributed by atoms with Gasteiger partial charge < -0.3 is 14.6 Å². The van der Waals surface area contributed by atoms with Crippen molar-refractivity contribution in [3.8, 4) is 5.75 Å². The Bertz CT molecular complexity index is 959. The summed E-state index contributed by atoms with van der Waals surface area (Å²) in [4.78, 5) is 24.1. The van der Waals surface area contributed by atoms with E-state index < -0.39 is 0 Å². The van der Waals surface area contributed by atoms with E-state index in [2.05, 4.69) is 5.32 Å². The number of ether oxygens (including phenoxy) is 1. The average Bonchev–Trinajstić information content (AvgIpc) is 2.62. The number of benzene rings is 2. The zero-order valence-electron chi connectivity index (χ0n) is 14.3. The molecule has 2 aromatic carbocycles. The molecule has 128 valence electrons. The van der Waals surface area contributed by atoms with Gasteiger partial charge in [-0.3, -0.25) is 9.59 Å². The molecular formula is C20H20N2O3. The number of amides is 1. The van der Waals surface area contributed by atoms with Crippen LogP contribution in [0.1, 0.15) is 11.1 Å². The fourth-order valence-corrected chi connectivity index (χ4v) is 2.57. The Labute approximate surface area is 145 Å². The minimum absolute atomic E-state index is 0.0910. The summed E-state index contributed by atoms with van der Waals surface area (Å²) in [5.41, 5.74) is 2.12. The van der Waals surface area contributed by atoms with Crippen LogP contribution >= 0.6 is 0 Å². The minimum atomic E-state index is -0.207. The van der Waals surface area contributed by atoms with E-state index in [0.717, 1.165) is 5.56 Å². The van der Waals surface area contributed by atoms with E-state index in [1.54, 1.807) is 31.4 Å². The van der Waals surface area contributed by atoms with Crippen molar-refractivity contribution >= 4 is 16.7 Å². The largest absolute Gasteiger partial charge is 0.483 e. The van der Waals surface area contributed by atoms with E-state index in [1.165, 1.54) is 10.1 Å². The molecule has 1 heterocycles. The summed E-state index contributed by atoms with van der Waals surface area (Å²) in [6, 6.07) is 15.1. The van der Waals surface area contributed by atoms with Crippen molar-refractivity contribution in [2.45, 2.75) is 13.5 Å². The molecule has 1 amide bonds. The Balaban J connectivity index is 1.64. The highest BCUT2D eigenvalue weighted by molar-refractivity contribution is 5.88. The van der Waals surface area contributed by atoms with Crippen LogP contribution in [0.4, 0.5) is 0 Å². The summed E-state index contributed by atoms with van der Waals surface area (Å²) in [6.45, 7) is 2.38. The number of carbonyl (C=O) groups excluding carboxylic acids is 1. The van der Waals surface area contributed by atoms with Gasteiger partial charge in [-0.1, -0.05) is 35.9 Å². The normalized spacial score (nSPS) is 10.6. The third-order valence-corrected chi connectivity index (χ3v) is 4.05. The summed E-state index contributed by atoms with van der Waals surface area (Å²) in [5.74, 6) is 0.321. The Morgan fingerprint density at radius 2 is 1.84 bits per heavy atom. The van der Waals surface area contributed by atoms with Crippen LogP contribution in [0.15, 0.2) is 59.5 Å². The third-order valence-electron chi connectivity index (χ3n) is 4.05. The second kappa shape index (κ2) is 7.21. The summed E-state index contributed by atoms with van der Waals surface area (Å²) in [7, 11) is 1.70. The lowest BCUT2D eigenvalue weighted by atomic mass is 10.1. The molecule has 0 aliphatic rings. The van der Waals surface area contributed by atoms with E-state index in [1.807, 2.05) is 37.3 Å². The van der Waals surface area contributed by atoms with E-state index in [0.29, 0.717) is 23.1 Å². The Morgan fingerprint density at radius 3 is 2.60 bits per heavy atom. The van der Waals surface area contributed by atoms with Crippen LogP contribution in [0.3, 0.4) is 0 Å². The van der Waals surface area contributed by atoms with E-state index >= 15 is 0 Å². The highest BCUT2D eigenvalue weighted by Crippen LogP contribution is 2.22. The highest BCUT2D eigenvalue weighted by Gasteiger charge is 2.08. The van der Waals surface area contributed by atoms with Crippen LogP contribution < -0.4 is 15.6 Å². The smallest absolute Gasteiger partial charge is 0.258 e. The van der Waals surface area contributed by atoms with Gasteiger partial charge in [-0.25, -0.2) is 0 Å². The first-order chi connectivity index (χ1) is 12.0. The molecule has 0 aliphatic heterocycles. The molecule has 0 spiro atoms. The zero-order chi connectivity index (χ0) is 17.8. The topological polar surface area (TPSA) is 60.3 Å². The predicted molar refractivity (Wildman–Crippen MR) is 97.7 cm³/mol. The SMILES string of the molecule is Cc1ccc(CNC(=O)COc2cccc3c(=O)n(C)ccc23)cc1. The summed E-state index contributed by atoms with van der Waals surface area (Å²) < 4.78 is 7.14. The predicted octanol–water partition coefficient (Wildman–Crippen LogP) is 2.54. The molecule has 5 nitrogen and oxygen atoms in total. The Hall–Kier alpha value is -3.08. The van der Waals surface area contributed by atoms with Crippen molar-refractivity contribution in [3.05, 3.63) is 76.2 Å². The second-order valence-electron chi connectivity index (χ2n) is 6.00. The van der Waals surface area contributed by atoms with Gasteiger partial charge in [0.1, 0.15) is 5.75 Å². The number of rotatable bonds is 5. The van der Waals surface area contributed by atoms with Gasteiger partial charge in [-0.2, -0.15) is 0 Å². The maximum atomic E-state index is 12.1. The molecular weight excluding hydrogens is 316 g/mol. The van der Waals surface area contributed by atoms with Crippen molar-refractivity contribution in [1.82, 2.24) is 9.88 Å². The number of nitrogens with one attached hydrogen (secondary N) is 1. The molecule has 0 saturated heterocycles. The van der Waals surface area contributed by atoms with Crippen molar-refractivity contribution in [2.24, 2.45) is 7.05 Å². The average molecular weight is 336 g/mol. The maximum absolute atomic E-state index is 12.1. The van der Waals surface area contributed by atoms with Gasteiger partial charge in [0.25, 0.3) is 11.5 Å². The standard InChI is InChI=1S/C20H20N2O3/c1-14-6-8-15(9-7-14)12-21-19(23)13-25-18-5-3-4-17-16(18)10-11-22(2)20(17)24/h3-11H,12-13H2,1-2H3,(H,21,23). The number of hydrogen-bond donors (Lipinski definition) is 1. The second-order valence-corrected chi connectivity index (χ2v) is 6.00. The van der Waals surface area contributed by atoms with Crippen molar-refractivity contribution in [1.29, 1.82) is 0 Å². The zero-order valence-corrected chi connectivity index (χ0v) is 14.3. The lowest BCUT2D eigenvalue weighted by Gasteiger charge is -2.10. The first kappa shape index (κ1) is 16.8. The monoisotopic (exact) mass is 336 g/mol. The molecule has 0 radical (unpaired) electrons. The van der Waals surface area contributed by atoms with E-state index in [9.17, 15) is 9.59 Å². The number of carbonyl (C=O) groups is 1. The quantitative estimate of drug-likeness (QED) is 0.779. The first-order valence-electron chi connectivity index (χ1n) is 8.08. The third kappa shape index (κ3) is 3.88. The van der Waals surface area contributed by atoms with Crippen LogP contribution in [0, 0.1) is 6.92 Å². The molecule has 0 unspecified atom stereocenters. The molecule has 1 aromatic heterocycles. The van der Waals surface area contributed by atoms with Gasteiger partial charge in [0.05, 0.1) is 5.39 Å². The number of aryl methyl sites for hydroxylation is 2. The number of aromatic nitrogens is 1. The fourth-order valence-electron chi connectivity index (χ4n) is 2.57. The van der Waals surface area contributed by atoms with Crippen LogP contribution in [0.2, 0.25) is 0 Å². The molecule has 3 rings (SSSR count). The minimum Gasteiger partial charge on any atom is -0.483 e. The number of nitrogens with zero attached hydrogens (tertiary/aromatic N) is 1. The lowest BCUT2D eigenvalue weighted by molar-refractivity contribution is -0.123. The maximum Gasteiger partial charge on any atom is 0.258 e. The van der Waals surface area contributed by atoms with Gasteiger partial charge in [-0.05, 0) is 30.7 Å². The van der Waals surface area contributed by atoms with Crippen LogP contribution in [-0.2, 0) is 18.4 Å². The summed E-state index contributed by atoms with van der Waals surface area (Å²) in [6.07, 6.45) is 1.69. The van der Waals surface area contributed by atoms with Crippen molar-refractivity contribution < 1.29 is 9.53 Å². The van der Waals surface area contributed by atoms with Gasteiger partial charge in [0, 0.05) is 25.2 Å². The molecule has 0 fully saturated rings. The molecule has 0 saturated carbocycles. The molecule has 3 aromatic rings. The number of pyridine rings is 1. The van der Waals surface area contributed by atoms with Crippen LogP contribution in [-0.4, -0.2) is 17.1 Å².